The standard InChI is InChI=1S/C16H26N2O2/c1-4-13(2)18-16(19)10-12-17-11-9-14-5-7-15(20-3)8-6-14/h5-8,13,17H,4,9-12H2,1-3H3,(H,18,19). The van der Waals surface area contributed by atoms with Gasteiger partial charge in [0.2, 0.25) is 5.91 Å². The minimum Gasteiger partial charge on any atom is -0.497 e. The summed E-state index contributed by atoms with van der Waals surface area (Å²) in [6.45, 7) is 5.69. The van der Waals surface area contributed by atoms with Crippen LogP contribution in [0.4, 0.5) is 0 Å². The van der Waals surface area contributed by atoms with Gasteiger partial charge in [0.25, 0.3) is 0 Å². The smallest absolute Gasteiger partial charge is 0.221 e. The van der Waals surface area contributed by atoms with Crippen LogP contribution in [0.2, 0.25) is 0 Å². The molecule has 1 aromatic carbocycles. The van der Waals surface area contributed by atoms with Crippen molar-refractivity contribution in [3.05, 3.63) is 29.8 Å². The van der Waals surface area contributed by atoms with E-state index in [9.17, 15) is 4.79 Å². The normalized spacial score (nSPS) is 11.9. The van der Waals surface area contributed by atoms with Gasteiger partial charge in [-0.2, -0.15) is 0 Å². The lowest BCUT2D eigenvalue weighted by molar-refractivity contribution is -0.121. The lowest BCUT2D eigenvalue weighted by atomic mass is 10.1. The molecule has 0 saturated carbocycles. The number of hydrogen-bond acceptors (Lipinski definition) is 3. The van der Waals surface area contributed by atoms with Gasteiger partial charge in [0, 0.05) is 19.0 Å². The molecule has 1 aromatic rings. The Labute approximate surface area is 121 Å². The van der Waals surface area contributed by atoms with Gasteiger partial charge in [-0.1, -0.05) is 19.1 Å². The molecule has 20 heavy (non-hydrogen) atoms. The van der Waals surface area contributed by atoms with Crippen LogP contribution in [0.3, 0.4) is 0 Å². The number of methoxy groups -OCH3 is 1. The van der Waals surface area contributed by atoms with Crippen molar-refractivity contribution in [1.29, 1.82) is 0 Å². The fourth-order valence-electron chi connectivity index (χ4n) is 1.80. The number of rotatable bonds is 9. The van der Waals surface area contributed by atoms with Crippen LogP contribution in [0.15, 0.2) is 24.3 Å². The largest absolute Gasteiger partial charge is 0.497 e. The van der Waals surface area contributed by atoms with E-state index in [0.29, 0.717) is 6.42 Å². The molecule has 0 spiro atoms. The van der Waals surface area contributed by atoms with Gasteiger partial charge < -0.3 is 15.4 Å². The Morgan fingerprint density at radius 2 is 1.95 bits per heavy atom. The maximum Gasteiger partial charge on any atom is 0.221 e. The predicted octanol–water partition coefficient (Wildman–Crippen LogP) is 2.13. The molecule has 0 aliphatic rings. The van der Waals surface area contributed by atoms with E-state index >= 15 is 0 Å². The zero-order chi connectivity index (χ0) is 14.8. The minimum atomic E-state index is 0.122. The van der Waals surface area contributed by atoms with Crippen LogP contribution in [-0.2, 0) is 11.2 Å². The number of ether oxygens (including phenoxy) is 1. The van der Waals surface area contributed by atoms with Crippen LogP contribution >= 0.6 is 0 Å². The summed E-state index contributed by atoms with van der Waals surface area (Å²) in [6, 6.07) is 8.33. The third-order valence-corrected chi connectivity index (χ3v) is 3.30. The highest BCUT2D eigenvalue weighted by molar-refractivity contribution is 5.76. The highest BCUT2D eigenvalue weighted by atomic mass is 16.5. The van der Waals surface area contributed by atoms with Crippen molar-refractivity contribution in [2.75, 3.05) is 20.2 Å². The van der Waals surface area contributed by atoms with Crippen molar-refractivity contribution in [3.63, 3.8) is 0 Å². The maximum absolute atomic E-state index is 11.6. The van der Waals surface area contributed by atoms with Crippen molar-refractivity contribution in [3.8, 4) is 5.75 Å². The van der Waals surface area contributed by atoms with Crippen LogP contribution in [-0.4, -0.2) is 32.1 Å². The molecule has 1 rings (SSSR count). The first-order chi connectivity index (χ1) is 9.65. The number of carbonyl (C=O) groups excluding carboxylic acids is 1. The second-order valence-electron chi connectivity index (χ2n) is 4.97. The molecule has 1 unspecified atom stereocenters. The van der Waals surface area contributed by atoms with Crippen molar-refractivity contribution >= 4 is 5.91 Å². The lowest BCUT2D eigenvalue weighted by Gasteiger charge is -2.11. The van der Waals surface area contributed by atoms with Gasteiger partial charge in [0.1, 0.15) is 5.75 Å². The summed E-state index contributed by atoms with van der Waals surface area (Å²) in [4.78, 5) is 11.6. The Hall–Kier alpha value is -1.55. The molecule has 4 nitrogen and oxygen atoms in total. The average Bonchev–Trinajstić information content (AvgIpc) is 2.47. The topological polar surface area (TPSA) is 50.4 Å². The van der Waals surface area contributed by atoms with Crippen molar-refractivity contribution in [2.45, 2.75) is 39.2 Å². The van der Waals surface area contributed by atoms with Crippen LogP contribution in [0.1, 0.15) is 32.3 Å². The summed E-state index contributed by atoms with van der Waals surface area (Å²) in [7, 11) is 1.67. The lowest BCUT2D eigenvalue weighted by Crippen LogP contribution is -2.34. The SMILES string of the molecule is CCC(C)NC(=O)CCNCCc1ccc(OC)cc1. The third kappa shape index (κ3) is 6.57. The number of hydrogen-bond donors (Lipinski definition) is 2. The Kier molecular flexibility index (Phi) is 7.73. The van der Waals surface area contributed by atoms with Gasteiger partial charge in [-0.25, -0.2) is 0 Å². The second-order valence-corrected chi connectivity index (χ2v) is 4.97. The first kappa shape index (κ1) is 16.5. The molecule has 0 saturated heterocycles. The van der Waals surface area contributed by atoms with E-state index in [0.717, 1.165) is 31.7 Å². The Bertz CT molecular complexity index is 390. The molecule has 112 valence electrons. The average molecular weight is 278 g/mol. The zero-order valence-corrected chi connectivity index (χ0v) is 12.7. The van der Waals surface area contributed by atoms with Gasteiger partial charge in [-0.05, 0) is 44.0 Å². The molecule has 2 N–H and O–H groups in total. The number of carbonyl (C=O) groups is 1. The van der Waals surface area contributed by atoms with E-state index in [1.165, 1.54) is 5.56 Å². The van der Waals surface area contributed by atoms with Crippen LogP contribution < -0.4 is 15.4 Å². The van der Waals surface area contributed by atoms with Crippen LogP contribution in [0.5, 0.6) is 5.75 Å². The number of nitrogens with one attached hydrogen (secondary N) is 2. The molecule has 1 amide bonds. The summed E-state index contributed by atoms with van der Waals surface area (Å²) in [6.07, 6.45) is 2.46. The van der Waals surface area contributed by atoms with Gasteiger partial charge in [-0.3, -0.25) is 4.79 Å². The summed E-state index contributed by atoms with van der Waals surface area (Å²) < 4.78 is 5.12. The van der Waals surface area contributed by atoms with E-state index in [2.05, 4.69) is 29.7 Å². The second kappa shape index (κ2) is 9.37. The Morgan fingerprint density at radius 1 is 1.25 bits per heavy atom. The summed E-state index contributed by atoms with van der Waals surface area (Å²) in [5, 5.41) is 6.25. The van der Waals surface area contributed by atoms with E-state index in [1.54, 1.807) is 7.11 Å². The van der Waals surface area contributed by atoms with E-state index in [1.807, 2.05) is 19.1 Å². The highest BCUT2D eigenvalue weighted by Gasteiger charge is 2.04. The molecule has 0 fully saturated rings. The quantitative estimate of drug-likeness (QED) is 0.680. The Balaban J connectivity index is 2.11. The van der Waals surface area contributed by atoms with Gasteiger partial charge in [0.05, 0.1) is 7.11 Å². The molecule has 0 aliphatic heterocycles. The number of amides is 1. The van der Waals surface area contributed by atoms with Crippen molar-refractivity contribution in [2.24, 2.45) is 0 Å². The van der Waals surface area contributed by atoms with Crippen molar-refractivity contribution < 1.29 is 9.53 Å². The fraction of sp³-hybridized carbons (Fsp3) is 0.562. The number of benzene rings is 1. The molecule has 4 heteroatoms. The Morgan fingerprint density at radius 3 is 2.55 bits per heavy atom. The molecular weight excluding hydrogens is 252 g/mol. The molecule has 0 aliphatic carbocycles. The van der Waals surface area contributed by atoms with Crippen LogP contribution in [0, 0.1) is 0 Å². The predicted molar refractivity (Wildman–Crippen MR) is 82.1 cm³/mol. The highest BCUT2D eigenvalue weighted by Crippen LogP contribution is 2.11. The molecule has 0 heterocycles. The molecule has 0 radical (unpaired) electrons. The minimum absolute atomic E-state index is 0.122. The monoisotopic (exact) mass is 278 g/mol. The van der Waals surface area contributed by atoms with Gasteiger partial charge in [0.15, 0.2) is 0 Å². The fourth-order valence-corrected chi connectivity index (χ4v) is 1.80. The molecular formula is C16H26N2O2. The van der Waals surface area contributed by atoms with E-state index in [-0.39, 0.29) is 11.9 Å². The maximum atomic E-state index is 11.6. The summed E-state index contributed by atoms with van der Waals surface area (Å²) >= 11 is 0. The summed E-state index contributed by atoms with van der Waals surface area (Å²) in [5.41, 5.74) is 1.27. The third-order valence-electron chi connectivity index (χ3n) is 3.30. The van der Waals surface area contributed by atoms with Crippen molar-refractivity contribution in [1.82, 2.24) is 10.6 Å². The first-order valence-corrected chi connectivity index (χ1v) is 7.28. The zero-order valence-electron chi connectivity index (χ0n) is 12.7. The van der Waals surface area contributed by atoms with E-state index < -0.39 is 0 Å². The molecule has 0 aromatic heterocycles. The first-order valence-electron chi connectivity index (χ1n) is 7.28. The van der Waals surface area contributed by atoms with Gasteiger partial charge in [-0.15, -0.1) is 0 Å². The van der Waals surface area contributed by atoms with Crippen LogP contribution in [0.25, 0.3) is 0 Å². The molecule has 0 bridgehead atoms. The van der Waals surface area contributed by atoms with E-state index in [4.69, 9.17) is 4.74 Å². The summed E-state index contributed by atoms with van der Waals surface area (Å²) in [5.74, 6) is 1.000. The molecule has 1 atom stereocenters. The van der Waals surface area contributed by atoms with Gasteiger partial charge >= 0.3 is 0 Å².